The highest BCUT2D eigenvalue weighted by Gasteiger charge is 2.24. The lowest BCUT2D eigenvalue weighted by Crippen LogP contribution is -2.37. The van der Waals surface area contributed by atoms with E-state index in [0.29, 0.717) is 35.9 Å². The number of hydrogen-bond donors (Lipinski definition) is 1. The number of hydrogen-bond acceptors (Lipinski definition) is 6. The minimum absolute atomic E-state index is 0.291. The Morgan fingerprint density at radius 3 is 2.57 bits per heavy atom. The first-order chi connectivity index (χ1) is 17.2. The third kappa shape index (κ3) is 4.44. The normalized spacial score (nSPS) is 16.8. The molecule has 0 bridgehead atoms. The molecule has 0 spiro atoms. The van der Waals surface area contributed by atoms with E-state index >= 15 is 0 Å². The van der Waals surface area contributed by atoms with Crippen LogP contribution in [-0.2, 0) is 4.74 Å². The maximum Gasteiger partial charge on any atom is 0.223 e. The molecule has 1 saturated carbocycles. The van der Waals surface area contributed by atoms with E-state index in [9.17, 15) is 4.39 Å². The molecule has 2 fully saturated rings. The van der Waals surface area contributed by atoms with Crippen LogP contribution >= 0.6 is 11.6 Å². The van der Waals surface area contributed by atoms with Crippen molar-refractivity contribution in [1.82, 2.24) is 19.6 Å². The highest BCUT2D eigenvalue weighted by molar-refractivity contribution is 6.31. The first kappa shape index (κ1) is 22.2. The predicted molar refractivity (Wildman–Crippen MR) is 136 cm³/mol. The van der Waals surface area contributed by atoms with E-state index in [1.807, 2.05) is 22.7 Å². The van der Waals surface area contributed by atoms with Crippen LogP contribution in [0.1, 0.15) is 25.7 Å². The van der Waals surface area contributed by atoms with Gasteiger partial charge in [-0.2, -0.15) is 5.10 Å². The summed E-state index contributed by atoms with van der Waals surface area (Å²) in [5.74, 6) is 1.21. The molecule has 4 aromatic rings. The summed E-state index contributed by atoms with van der Waals surface area (Å²) in [6.45, 7) is 2.79. The van der Waals surface area contributed by atoms with Gasteiger partial charge in [-0.05, 0) is 55.3 Å². The van der Waals surface area contributed by atoms with Gasteiger partial charge in [0.2, 0.25) is 5.95 Å². The summed E-state index contributed by atoms with van der Waals surface area (Å²) >= 11 is 6.63. The molecule has 9 heteroatoms. The van der Waals surface area contributed by atoms with Crippen LogP contribution < -0.4 is 10.2 Å². The molecular formula is C26H26ClFN6O. The first-order valence-corrected chi connectivity index (χ1v) is 12.4. The molecule has 1 aliphatic carbocycles. The quantitative estimate of drug-likeness (QED) is 0.400. The average molecular weight is 493 g/mol. The Kier molecular flexibility index (Phi) is 6.00. The van der Waals surface area contributed by atoms with Crippen LogP contribution in [0.4, 0.5) is 16.2 Å². The van der Waals surface area contributed by atoms with Crippen molar-refractivity contribution in [3.63, 3.8) is 0 Å². The largest absolute Gasteiger partial charge is 0.378 e. The number of aromatic nitrogens is 4. The van der Waals surface area contributed by atoms with Crippen molar-refractivity contribution >= 4 is 28.9 Å². The maximum atomic E-state index is 13.7. The Hall–Kier alpha value is -3.23. The number of morpholine rings is 1. The molecule has 180 valence electrons. The minimum atomic E-state index is -0.291. The fourth-order valence-electron chi connectivity index (χ4n) is 5.00. The third-order valence-electron chi connectivity index (χ3n) is 6.73. The molecule has 0 atom stereocenters. The standard InChI is InChI=1S/C26H26ClFN6O/c27-18-15-22-24(21-9-10-29-26(31-21)30-20-3-1-2-4-20)25(17-5-7-19(28)8-6-17)32-34(22)23(16-18)33-11-13-35-14-12-33/h5-10,15-16,20H,1-4,11-14H2,(H,29,30,31). The van der Waals surface area contributed by atoms with Gasteiger partial charge in [0.15, 0.2) is 0 Å². The van der Waals surface area contributed by atoms with Gasteiger partial charge in [0.25, 0.3) is 0 Å². The first-order valence-electron chi connectivity index (χ1n) is 12.1. The van der Waals surface area contributed by atoms with Crippen LogP contribution in [0.15, 0.2) is 48.7 Å². The summed E-state index contributed by atoms with van der Waals surface area (Å²) in [5, 5.41) is 9.11. The van der Waals surface area contributed by atoms with E-state index in [1.165, 1.54) is 25.0 Å². The van der Waals surface area contributed by atoms with Crippen molar-refractivity contribution in [3.05, 3.63) is 59.5 Å². The van der Waals surface area contributed by atoms with Gasteiger partial charge < -0.3 is 15.0 Å². The zero-order valence-electron chi connectivity index (χ0n) is 19.3. The Balaban J connectivity index is 1.53. The molecule has 1 aliphatic heterocycles. The summed E-state index contributed by atoms with van der Waals surface area (Å²) in [4.78, 5) is 11.6. The highest BCUT2D eigenvalue weighted by Crippen LogP contribution is 2.38. The maximum absolute atomic E-state index is 13.7. The lowest BCUT2D eigenvalue weighted by molar-refractivity contribution is 0.122. The van der Waals surface area contributed by atoms with Crippen LogP contribution in [-0.4, -0.2) is 51.9 Å². The molecule has 7 nitrogen and oxygen atoms in total. The molecular weight excluding hydrogens is 467 g/mol. The summed E-state index contributed by atoms with van der Waals surface area (Å²) in [7, 11) is 0. The van der Waals surface area contributed by atoms with E-state index < -0.39 is 0 Å². The SMILES string of the molecule is Fc1ccc(-c2nn3c(N4CCOCC4)cc(Cl)cc3c2-c2ccnc(NC3CCCC3)n2)cc1. The Morgan fingerprint density at radius 1 is 1.03 bits per heavy atom. The minimum Gasteiger partial charge on any atom is -0.378 e. The topological polar surface area (TPSA) is 67.6 Å². The second kappa shape index (κ2) is 9.43. The van der Waals surface area contributed by atoms with Crippen LogP contribution in [0, 0.1) is 5.82 Å². The van der Waals surface area contributed by atoms with Gasteiger partial charge in [-0.25, -0.2) is 18.9 Å². The molecule has 1 saturated heterocycles. The number of nitrogens with one attached hydrogen (secondary N) is 1. The summed E-state index contributed by atoms with van der Waals surface area (Å²) in [5.41, 5.74) is 3.93. The number of ether oxygens (including phenoxy) is 1. The lowest BCUT2D eigenvalue weighted by atomic mass is 10.0. The van der Waals surface area contributed by atoms with Crippen molar-refractivity contribution in [2.75, 3.05) is 36.5 Å². The monoisotopic (exact) mass is 492 g/mol. The van der Waals surface area contributed by atoms with Crippen molar-refractivity contribution in [1.29, 1.82) is 0 Å². The summed E-state index contributed by atoms with van der Waals surface area (Å²) in [6, 6.07) is 12.5. The predicted octanol–water partition coefficient (Wildman–Crippen LogP) is 5.44. The molecule has 3 aromatic heterocycles. The zero-order valence-corrected chi connectivity index (χ0v) is 20.0. The number of halogens is 2. The molecule has 2 aliphatic rings. The van der Waals surface area contributed by atoms with Crippen LogP contribution in [0.3, 0.4) is 0 Å². The fraction of sp³-hybridized carbons (Fsp3) is 0.346. The summed E-state index contributed by atoms with van der Waals surface area (Å²) < 4.78 is 21.2. The van der Waals surface area contributed by atoms with E-state index in [-0.39, 0.29) is 5.82 Å². The van der Waals surface area contributed by atoms with E-state index in [1.54, 1.807) is 18.3 Å². The highest BCUT2D eigenvalue weighted by atomic mass is 35.5. The Morgan fingerprint density at radius 2 is 1.80 bits per heavy atom. The number of rotatable bonds is 5. The Bertz CT molecular complexity index is 1350. The van der Waals surface area contributed by atoms with E-state index in [4.69, 9.17) is 26.4 Å². The van der Waals surface area contributed by atoms with Gasteiger partial charge >= 0.3 is 0 Å². The van der Waals surface area contributed by atoms with Crippen LogP contribution in [0.2, 0.25) is 5.02 Å². The number of anilines is 2. The third-order valence-corrected chi connectivity index (χ3v) is 6.95. The molecule has 35 heavy (non-hydrogen) atoms. The lowest BCUT2D eigenvalue weighted by Gasteiger charge is -2.29. The van der Waals surface area contributed by atoms with Gasteiger partial charge in [-0.15, -0.1) is 0 Å². The van der Waals surface area contributed by atoms with Crippen molar-refractivity contribution in [2.45, 2.75) is 31.7 Å². The molecule has 1 aromatic carbocycles. The Labute approximate surface area is 207 Å². The molecule has 1 N–H and O–H groups in total. The number of pyridine rings is 1. The van der Waals surface area contributed by atoms with Crippen LogP contribution in [0.25, 0.3) is 28.0 Å². The van der Waals surface area contributed by atoms with E-state index in [0.717, 1.165) is 54.1 Å². The van der Waals surface area contributed by atoms with E-state index in [2.05, 4.69) is 15.2 Å². The molecule has 4 heterocycles. The van der Waals surface area contributed by atoms with Crippen LogP contribution in [0.5, 0.6) is 0 Å². The average Bonchev–Trinajstić information content (AvgIpc) is 3.52. The van der Waals surface area contributed by atoms with Crippen molar-refractivity contribution in [3.8, 4) is 22.5 Å². The van der Waals surface area contributed by atoms with Gasteiger partial charge in [-0.1, -0.05) is 24.4 Å². The molecule has 6 rings (SSSR count). The second-order valence-electron chi connectivity index (χ2n) is 9.05. The van der Waals surface area contributed by atoms with Gasteiger partial charge in [0, 0.05) is 35.9 Å². The molecule has 0 unspecified atom stereocenters. The summed E-state index contributed by atoms with van der Waals surface area (Å²) in [6.07, 6.45) is 6.48. The smallest absolute Gasteiger partial charge is 0.223 e. The zero-order chi connectivity index (χ0) is 23.8. The number of fused-ring (bicyclic) bond motifs is 1. The van der Waals surface area contributed by atoms with Gasteiger partial charge in [-0.3, -0.25) is 0 Å². The number of nitrogens with zero attached hydrogens (tertiary/aromatic N) is 5. The molecule has 0 amide bonds. The van der Waals surface area contributed by atoms with Crippen molar-refractivity contribution < 1.29 is 9.13 Å². The molecule has 0 radical (unpaired) electrons. The van der Waals surface area contributed by atoms with Gasteiger partial charge in [0.1, 0.15) is 17.3 Å². The second-order valence-corrected chi connectivity index (χ2v) is 9.49. The number of benzene rings is 1. The van der Waals surface area contributed by atoms with Gasteiger partial charge in [0.05, 0.1) is 30.0 Å². The fourth-order valence-corrected chi connectivity index (χ4v) is 5.20. The van der Waals surface area contributed by atoms with Crippen molar-refractivity contribution in [2.24, 2.45) is 0 Å².